The summed E-state index contributed by atoms with van der Waals surface area (Å²) in [4.78, 5) is 2.23. The fraction of sp³-hybridized carbons (Fsp3) is 0.500. The third-order valence-corrected chi connectivity index (χ3v) is 3.10. The zero-order valence-electron chi connectivity index (χ0n) is 9.19. The van der Waals surface area contributed by atoms with Crippen LogP contribution in [0.4, 0.5) is 10.1 Å². The normalized spacial score (nSPS) is 21.5. The van der Waals surface area contributed by atoms with Crippen LogP contribution >= 0.6 is 0 Å². The highest BCUT2D eigenvalue weighted by molar-refractivity contribution is 5.41. The molecule has 0 aliphatic carbocycles. The number of hydrogen-bond acceptors (Lipinski definition) is 3. The van der Waals surface area contributed by atoms with Crippen LogP contribution < -0.4 is 5.73 Å². The number of aliphatic hydroxyl groups excluding tert-OH is 1. The Balaban J connectivity index is 1.97. The van der Waals surface area contributed by atoms with Gasteiger partial charge in [-0.25, -0.2) is 4.39 Å². The van der Waals surface area contributed by atoms with Gasteiger partial charge in [0.2, 0.25) is 0 Å². The van der Waals surface area contributed by atoms with Crippen molar-refractivity contribution in [1.29, 1.82) is 0 Å². The second-order valence-electron chi connectivity index (χ2n) is 4.43. The molecule has 0 saturated carbocycles. The second kappa shape index (κ2) is 4.80. The first kappa shape index (κ1) is 11.4. The van der Waals surface area contributed by atoms with E-state index in [0.717, 1.165) is 31.6 Å². The number of likely N-dealkylation sites (tertiary alicyclic amines) is 1. The Labute approximate surface area is 94.7 Å². The van der Waals surface area contributed by atoms with E-state index in [4.69, 9.17) is 10.8 Å². The number of aliphatic hydroxyl groups is 1. The fourth-order valence-corrected chi connectivity index (χ4v) is 2.13. The van der Waals surface area contributed by atoms with Crippen LogP contribution in [-0.2, 0) is 6.54 Å². The number of nitrogen functional groups attached to an aromatic ring is 1. The van der Waals surface area contributed by atoms with Crippen LogP contribution in [0.25, 0.3) is 0 Å². The van der Waals surface area contributed by atoms with Crippen molar-refractivity contribution in [1.82, 2.24) is 4.90 Å². The minimum absolute atomic E-state index is 0.193. The van der Waals surface area contributed by atoms with Gasteiger partial charge in [-0.2, -0.15) is 0 Å². The standard InChI is InChI=1S/C12H17FN2O/c13-11-5-9(1-2-12(11)14)6-15-4-3-10(7-15)8-16/h1-2,5,10,16H,3-4,6-8,14H2. The van der Waals surface area contributed by atoms with Crippen LogP contribution in [0.5, 0.6) is 0 Å². The van der Waals surface area contributed by atoms with Gasteiger partial charge in [-0.1, -0.05) is 6.07 Å². The van der Waals surface area contributed by atoms with Crippen molar-refractivity contribution in [2.75, 3.05) is 25.4 Å². The number of rotatable bonds is 3. The monoisotopic (exact) mass is 224 g/mol. The summed E-state index contributed by atoms with van der Waals surface area (Å²) in [6, 6.07) is 4.94. The summed E-state index contributed by atoms with van der Waals surface area (Å²) in [5, 5.41) is 9.03. The van der Waals surface area contributed by atoms with E-state index in [1.54, 1.807) is 6.07 Å². The lowest BCUT2D eigenvalue weighted by atomic mass is 10.1. The molecule has 88 valence electrons. The van der Waals surface area contributed by atoms with Crippen molar-refractivity contribution in [2.24, 2.45) is 5.92 Å². The first-order chi connectivity index (χ1) is 7.69. The van der Waals surface area contributed by atoms with Gasteiger partial charge in [0.15, 0.2) is 0 Å². The average Bonchev–Trinajstić information content (AvgIpc) is 2.71. The van der Waals surface area contributed by atoms with Crippen LogP contribution in [0.1, 0.15) is 12.0 Å². The molecule has 1 aliphatic heterocycles. The molecular formula is C12H17FN2O. The minimum atomic E-state index is -0.351. The quantitative estimate of drug-likeness (QED) is 0.759. The Hall–Kier alpha value is -1.13. The molecule has 1 aromatic rings. The summed E-state index contributed by atoms with van der Waals surface area (Å²) < 4.78 is 13.2. The molecule has 0 spiro atoms. The smallest absolute Gasteiger partial charge is 0.146 e. The summed E-state index contributed by atoms with van der Waals surface area (Å²) in [6.07, 6.45) is 1.02. The van der Waals surface area contributed by atoms with Gasteiger partial charge in [0, 0.05) is 19.7 Å². The summed E-state index contributed by atoms with van der Waals surface area (Å²) in [5.74, 6) is 0.0223. The molecule has 0 aromatic heterocycles. The van der Waals surface area contributed by atoms with E-state index in [-0.39, 0.29) is 18.1 Å². The Morgan fingerprint density at radius 3 is 2.94 bits per heavy atom. The third-order valence-electron chi connectivity index (χ3n) is 3.10. The molecule has 0 radical (unpaired) electrons. The van der Waals surface area contributed by atoms with Crippen molar-refractivity contribution in [2.45, 2.75) is 13.0 Å². The predicted molar refractivity (Wildman–Crippen MR) is 61.3 cm³/mol. The van der Waals surface area contributed by atoms with Crippen molar-refractivity contribution < 1.29 is 9.50 Å². The summed E-state index contributed by atoms with van der Waals surface area (Å²) in [5.41, 5.74) is 6.55. The van der Waals surface area contributed by atoms with E-state index in [1.807, 2.05) is 6.07 Å². The van der Waals surface area contributed by atoms with E-state index in [0.29, 0.717) is 5.92 Å². The zero-order valence-corrected chi connectivity index (χ0v) is 9.19. The number of anilines is 1. The largest absolute Gasteiger partial charge is 0.396 e. The molecule has 16 heavy (non-hydrogen) atoms. The van der Waals surface area contributed by atoms with Crippen molar-refractivity contribution >= 4 is 5.69 Å². The highest BCUT2D eigenvalue weighted by atomic mass is 19.1. The van der Waals surface area contributed by atoms with Crippen molar-refractivity contribution in [3.05, 3.63) is 29.6 Å². The highest BCUT2D eigenvalue weighted by Crippen LogP contribution is 2.19. The highest BCUT2D eigenvalue weighted by Gasteiger charge is 2.21. The maximum absolute atomic E-state index is 13.2. The molecule has 1 unspecified atom stereocenters. The Morgan fingerprint density at radius 2 is 2.31 bits per heavy atom. The Bertz CT molecular complexity index is 370. The maximum Gasteiger partial charge on any atom is 0.146 e. The van der Waals surface area contributed by atoms with Crippen molar-refractivity contribution in [3.63, 3.8) is 0 Å². The van der Waals surface area contributed by atoms with Gasteiger partial charge in [0.25, 0.3) is 0 Å². The molecule has 4 heteroatoms. The molecule has 1 aliphatic rings. The van der Waals surface area contributed by atoms with Gasteiger partial charge in [-0.15, -0.1) is 0 Å². The van der Waals surface area contributed by atoms with Crippen LogP contribution in [0.2, 0.25) is 0 Å². The molecule has 0 bridgehead atoms. The van der Waals surface area contributed by atoms with E-state index >= 15 is 0 Å². The minimum Gasteiger partial charge on any atom is -0.396 e. The summed E-state index contributed by atoms with van der Waals surface area (Å²) in [6.45, 7) is 2.83. The summed E-state index contributed by atoms with van der Waals surface area (Å²) in [7, 11) is 0. The third kappa shape index (κ3) is 2.51. The van der Waals surface area contributed by atoms with Crippen LogP contribution in [0.3, 0.4) is 0 Å². The Morgan fingerprint density at radius 1 is 1.50 bits per heavy atom. The lowest BCUT2D eigenvalue weighted by Crippen LogP contribution is -2.21. The fourth-order valence-electron chi connectivity index (χ4n) is 2.13. The number of hydrogen-bond donors (Lipinski definition) is 2. The van der Waals surface area contributed by atoms with Gasteiger partial charge in [0.1, 0.15) is 5.82 Å². The molecular weight excluding hydrogens is 207 g/mol. The number of nitrogens with two attached hydrogens (primary N) is 1. The van der Waals surface area contributed by atoms with E-state index in [9.17, 15) is 4.39 Å². The van der Waals surface area contributed by atoms with Crippen LogP contribution in [0.15, 0.2) is 18.2 Å². The summed E-state index contributed by atoms with van der Waals surface area (Å²) >= 11 is 0. The molecule has 3 nitrogen and oxygen atoms in total. The Kier molecular flexibility index (Phi) is 3.41. The van der Waals surface area contributed by atoms with Crippen molar-refractivity contribution in [3.8, 4) is 0 Å². The van der Waals surface area contributed by atoms with E-state index in [1.165, 1.54) is 6.07 Å². The maximum atomic E-state index is 13.2. The van der Waals surface area contributed by atoms with Gasteiger partial charge in [0.05, 0.1) is 5.69 Å². The SMILES string of the molecule is Nc1ccc(CN2CCC(CO)C2)cc1F. The van der Waals surface area contributed by atoms with Crippen LogP contribution in [-0.4, -0.2) is 29.7 Å². The van der Waals surface area contributed by atoms with Crippen LogP contribution in [0, 0.1) is 11.7 Å². The average molecular weight is 224 g/mol. The molecule has 1 atom stereocenters. The second-order valence-corrected chi connectivity index (χ2v) is 4.43. The molecule has 1 aromatic carbocycles. The number of halogens is 1. The zero-order chi connectivity index (χ0) is 11.5. The molecule has 0 amide bonds. The van der Waals surface area contributed by atoms with E-state index < -0.39 is 0 Å². The van der Waals surface area contributed by atoms with Gasteiger partial charge in [-0.05, 0) is 36.6 Å². The van der Waals surface area contributed by atoms with Gasteiger partial charge in [-0.3, -0.25) is 4.90 Å². The number of nitrogens with zero attached hydrogens (tertiary/aromatic N) is 1. The topological polar surface area (TPSA) is 49.5 Å². The molecule has 1 heterocycles. The molecule has 3 N–H and O–H groups in total. The van der Waals surface area contributed by atoms with Gasteiger partial charge < -0.3 is 10.8 Å². The molecule has 1 fully saturated rings. The first-order valence-electron chi connectivity index (χ1n) is 5.56. The predicted octanol–water partition coefficient (Wildman–Crippen LogP) is 1.22. The number of benzene rings is 1. The van der Waals surface area contributed by atoms with Gasteiger partial charge >= 0.3 is 0 Å². The van der Waals surface area contributed by atoms with E-state index in [2.05, 4.69) is 4.90 Å². The molecule has 2 rings (SSSR count). The first-order valence-corrected chi connectivity index (χ1v) is 5.56. The lowest BCUT2D eigenvalue weighted by Gasteiger charge is -2.15. The molecule has 1 saturated heterocycles. The lowest BCUT2D eigenvalue weighted by molar-refractivity contribution is 0.220.